The molecular formula is C16H20N4O4. The van der Waals surface area contributed by atoms with Gasteiger partial charge < -0.3 is 10.4 Å². The number of H-pyrrole nitrogens is 1. The number of hydrogen-bond acceptors (Lipinski definition) is 5. The van der Waals surface area contributed by atoms with Crippen molar-refractivity contribution in [2.24, 2.45) is 0 Å². The first kappa shape index (κ1) is 17.6. The average molecular weight is 332 g/mol. The van der Waals surface area contributed by atoms with E-state index in [0.717, 1.165) is 5.56 Å². The monoisotopic (exact) mass is 332 g/mol. The van der Waals surface area contributed by atoms with Crippen molar-refractivity contribution in [3.63, 3.8) is 0 Å². The second-order valence-corrected chi connectivity index (χ2v) is 5.49. The number of aromatic nitrogens is 2. The normalized spacial score (nSPS) is 12.0. The summed E-state index contributed by atoms with van der Waals surface area (Å²) in [6.45, 7) is 3.68. The molecule has 8 nitrogen and oxygen atoms in total. The quantitative estimate of drug-likeness (QED) is 0.529. The minimum absolute atomic E-state index is 0.0587. The highest BCUT2D eigenvalue weighted by atomic mass is 16.6. The fraction of sp³-hybridized carbons (Fsp3) is 0.375. The second-order valence-electron chi connectivity index (χ2n) is 5.49. The van der Waals surface area contributed by atoms with Gasteiger partial charge in [-0.15, -0.1) is 0 Å². The lowest BCUT2D eigenvalue weighted by molar-refractivity contribution is -0.385. The Kier molecular flexibility index (Phi) is 5.64. The zero-order valence-corrected chi connectivity index (χ0v) is 13.6. The van der Waals surface area contributed by atoms with Gasteiger partial charge in [0.1, 0.15) is 5.69 Å². The zero-order chi connectivity index (χ0) is 17.7. The van der Waals surface area contributed by atoms with E-state index >= 15 is 0 Å². The van der Waals surface area contributed by atoms with Gasteiger partial charge in [-0.2, -0.15) is 5.10 Å². The van der Waals surface area contributed by atoms with Crippen LogP contribution in [-0.4, -0.2) is 32.7 Å². The lowest BCUT2D eigenvalue weighted by Crippen LogP contribution is -2.29. The highest BCUT2D eigenvalue weighted by Gasteiger charge is 2.28. The molecule has 2 rings (SSSR count). The van der Waals surface area contributed by atoms with Gasteiger partial charge in [-0.25, -0.2) is 0 Å². The Morgan fingerprint density at radius 2 is 2.17 bits per heavy atom. The number of nitrogens with one attached hydrogen (secondary N) is 2. The summed E-state index contributed by atoms with van der Waals surface area (Å²) in [7, 11) is 0. The molecule has 1 aromatic carbocycles. The highest BCUT2D eigenvalue weighted by Crippen LogP contribution is 2.22. The van der Waals surface area contributed by atoms with E-state index in [2.05, 4.69) is 15.5 Å². The Labute approximate surface area is 139 Å². The zero-order valence-electron chi connectivity index (χ0n) is 13.6. The first-order valence-corrected chi connectivity index (χ1v) is 7.69. The van der Waals surface area contributed by atoms with E-state index in [1.54, 1.807) is 12.1 Å². The Morgan fingerprint density at radius 3 is 2.79 bits per heavy atom. The number of benzene rings is 1. The lowest BCUT2D eigenvalue weighted by atomic mass is 10.0. The van der Waals surface area contributed by atoms with Crippen LogP contribution in [0.2, 0.25) is 0 Å². The summed E-state index contributed by atoms with van der Waals surface area (Å²) in [5, 5.41) is 30.2. The molecule has 0 spiro atoms. The summed E-state index contributed by atoms with van der Waals surface area (Å²) in [6, 6.07) is 7.27. The molecule has 0 radical (unpaired) electrons. The predicted molar refractivity (Wildman–Crippen MR) is 87.7 cm³/mol. The summed E-state index contributed by atoms with van der Waals surface area (Å²) in [5.41, 5.74) is 1.35. The molecule has 128 valence electrons. The van der Waals surface area contributed by atoms with Crippen LogP contribution in [0.4, 0.5) is 5.69 Å². The smallest absolute Gasteiger partial charge is 0.322 e. The molecule has 3 N–H and O–H groups in total. The molecule has 0 fully saturated rings. The number of aliphatic hydroxyl groups is 1. The van der Waals surface area contributed by atoms with Crippen LogP contribution in [0.3, 0.4) is 0 Å². The van der Waals surface area contributed by atoms with Crippen LogP contribution >= 0.6 is 0 Å². The number of aliphatic hydroxyl groups excluding tert-OH is 1. The highest BCUT2D eigenvalue weighted by molar-refractivity contribution is 5.96. The van der Waals surface area contributed by atoms with E-state index in [0.29, 0.717) is 24.1 Å². The molecule has 1 unspecified atom stereocenters. The van der Waals surface area contributed by atoms with Crippen LogP contribution in [-0.2, 0) is 6.42 Å². The van der Waals surface area contributed by atoms with Crippen LogP contribution < -0.4 is 5.32 Å². The van der Waals surface area contributed by atoms with E-state index in [9.17, 15) is 20.0 Å². The first-order chi connectivity index (χ1) is 11.5. The molecule has 8 heteroatoms. The minimum Gasteiger partial charge on any atom is -0.387 e. The first-order valence-electron chi connectivity index (χ1n) is 7.69. The Hall–Kier alpha value is -2.74. The van der Waals surface area contributed by atoms with Gasteiger partial charge in [0, 0.05) is 6.54 Å². The number of hydrogen-bond donors (Lipinski definition) is 3. The van der Waals surface area contributed by atoms with Crippen molar-refractivity contribution in [1.29, 1.82) is 0 Å². The third kappa shape index (κ3) is 3.77. The van der Waals surface area contributed by atoms with Crippen molar-refractivity contribution >= 4 is 11.6 Å². The summed E-state index contributed by atoms with van der Waals surface area (Å²) in [4.78, 5) is 22.8. The van der Waals surface area contributed by atoms with Gasteiger partial charge in [0.15, 0.2) is 0 Å². The number of amides is 1. The topological polar surface area (TPSA) is 121 Å². The standard InChI is InChI=1S/C16H20N4O4/c1-3-6-12-15(20(23)24)14(19-18-12)16(22)17-9-13(21)11-8-5-4-7-10(11)2/h4-5,7-8,13,21H,3,6,9H2,1-2H3,(H,17,22)(H,18,19). The number of nitrogens with zero attached hydrogens (tertiary/aromatic N) is 2. The van der Waals surface area contributed by atoms with Crippen LogP contribution in [0.5, 0.6) is 0 Å². The van der Waals surface area contributed by atoms with Gasteiger partial charge >= 0.3 is 5.69 Å². The van der Waals surface area contributed by atoms with Crippen molar-refractivity contribution in [2.75, 3.05) is 6.54 Å². The fourth-order valence-corrected chi connectivity index (χ4v) is 2.50. The molecule has 1 atom stereocenters. The largest absolute Gasteiger partial charge is 0.387 e. The van der Waals surface area contributed by atoms with Gasteiger partial charge in [-0.1, -0.05) is 37.6 Å². The Balaban J connectivity index is 2.10. The number of carbonyl (C=O) groups is 1. The average Bonchev–Trinajstić information content (AvgIpc) is 2.97. The molecular weight excluding hydrogens is 312 g/mol. The number of aromatic amines is 1. The van der Waals surface area contributed by atoms with Crippen LogP contribution in [0.25, 0.3) is 0 Å². The van der Waals surface area contributed by atoms with Crippen molar-refractivity contribution in [3.05, 3.63) is 56.9 Å². The van der Waals surface area contributed by atoms with Gasteiger partial charge in [-0.3, -0.25) is 20.0 Å². The van der Waals surface area contributed by atoms with E-state index < -0.39 is 16.9 Å². The fourth-order valence-electron chi connectivity index (χ4n) is 2.50. The third-order valence-electron chi connectivity index (χ3n) is 3.71. The number of aryl methyl sites for hydroxylation is 2. The van der Waals surface area contributed by atoms with E-state index in [4.69, 9.17) is 0 Å². The minimum atomic E-state index is -0.900. The molecule has 2 aromatic rings. The van der Waals surface area contributed by atoms with Crippen molar-refractivity contribution in [1.82, 2.24) is 15.5 Å². The summed E-state index contributed by atoms with van der Waals surface area (Å²) >= 11 is 0. The summed E-state index contributed by atoms with van der Waals surface area (Å²) in [5.74, 6) is -0.687. The lowest BCUT2D eigenvalue weighted by Gasteiger charge is -2.13. The van der Waals surface area contributed by atoms with Gasteiger partial charge in [0.2, 0.25) is 5.69 Å². The van der Waals surface area contributed by atoms with Gasteiger partial charge in [-0.05, 0) is 24.5 Å². The van der Waals surface area contributed by atoms with Crippen LogP contribution in [0.1, 0.15) is 46.8 Å². The Bertz CT molecular complexity index is 741. The maximum atomic E-state index is 12.2. The summed E-state index contributed by atoms with van der Waals surface area (Å²) in [6.07, 6.45) is 0.224. The van der Waals surface area contributed by atoms with Gasteiger partial charge in [0.05, 0.1) is 11.0 Å². The SMILES string of the molecule is CCCc1[nH]nc(C(=O)NCC(O)c2ccccc2C)c1[N+](=O)[O-]. The maximum Gasteiger partial charge on any atom is 0.322 e. The molecule has 0 aliphatic rings. The van der Waals surface area contributed by atoms with E-state index in [-0.39, 0.29) is 17.9 Å². The van der Waals surface area contributed by atoms with Crippen LogP contribution in [0, 0.1) is 17.0 Å². The van der Waals surface area contributed by atoms with Gasteiger partial charge in [0.25, 0.3) is 5.91 Å². The Morgan fingerprint density at radius 1 is 1.46 bits per heavy atom. The molecule has 24 heavy (non-hydrogen) atoms. The number of carbonyl (C=O) groups excluding carboxylic acids is 1. The molecule has 1 heterocycles. The third-order valence-corrected chi connectivity index (χ3v) is 3.71. The van der Waals surface area contributed by atoms with E-state index in [1.165, 1.54) is 0 Å². The molecule has 0 saturated carbocycles. The molecule has 0 aliphatic heterocycles. The van der Waals surface area contributed by atoms with Crippen molar-refractivity contribution in [3.8, 4) is 0 Å². The van der Waals surface area contributed by atoms with Crippen molar-refractivity contribution in [2.45, 2.75) is 32.8 Å². The molecule has 1 amide bonds. The maximum absolute atomic E-state index is 12.2. The summed E-state index contributed by atoms with van der Waals surface area (Å²) < 4.78 is 0. The number of rotatable bonds is 7. The molecule has 0 bridgehead atoms. The van der Waals surface area contributed by atoms with Crippen LogP contribution in [0.15, 0.2) is 24.3 Å². The number of nitro groups is 1. The van der Waals surface area contributed by atoms with E-state index in [1.807, 2.05) is 26.0 Å². The molecule has 0 saturated heterocycles. The predicted octanol–water partition coefficient (Wildman–Crippen LogP) is 2.04. The molecule has 0 aliphatic carbocycles. The molecule has 1 aromatic heterocycles. The van der Waals surface area contributed by atoms with Crippen molar-refractivity contribution < 1.29 is 14.8 Å². The second kappa shape index (κ2) is 7.69.